The summed E-state index contributed by atoms with van der Waals surface area (Å²) in [7, 11) is 1.63. The monoisotopic (exact) mass is 517 g/mol. The van der Waals surface area contributed by atoms with Crippen LogP contribution in [-0.4, -0.2) is 38.7 Å². The van der Waals surface area contributed by atoms with Crippen molar-refractivity contribution in [2.45, 2.75) is 30.3 Å². The van der Waals surface area contributed by atoms with Crippen molar-refractivity contribution in [2.75, 3.05) is 18.6 Å². The number of fused-ring (bicyclic) bond motifs is 3. The Bertz CT molecular complexity index is 1640. The van der Waals surface area contributed by atoms with Crippen LogP contribution in [0, 0.1) is 0 Å². The number of thioether (sulfide) groups is 1. The second-order valence-electron chi connectivity index (χ2n) is 8.56. The zero-order valence-corrected chi connectivity index (χ0v) is 21.2. The number of amides is 1. The Kier molecular flexibility index (Phi) is 5.98. The molecule has 1 aliphatic heterocycles. The SMILES string of the molecule is COc1ccccc1Cn1c(=O)c2sccc2n2c(SCc3ccc(N4CCCC4=O)cc3)nnc12. The Morgan fingerprint density at radius 3 is 2.67 bits per heavy atom. The molecule has 2 aromatic carbocycles. The number of para-hydroxylation sites is 1. The minimum atomic E-state index is -0.0885. The molecule has 1 fully saturated rings. The highest BCUT2D eigenvalue weighted by molar-refractivity contribution is 7.98. The molecule has 1 saturated heterocycles. The van der Waals surface area contributed by atoms with Crippen LogP contribution >= 0.6 is 23.1 Å². The fourth-order valence-electron chi connectivity index (χ4n) is 4.58. The van der Waals surface area contributed by atoms with Gasteiger partial charge in [-0.25, -0.2) is 0 Å². The Morgan fingerprint density at radius 1 is 1.06 bits per heavy atom. The number of thiophene rings is 1. The summed E-state index contributed by atoms with van der Waals surface area (Å²) in [6, 6.07) is 17.7. The first-order valence-corrected chi connectivity index (χ1v) is 13.5. The van der Waals surface area contributed by atoms with Crippen molar-refractivity contribution in [3.63, 3.8) is 0 Å². The molecule has 0 unspecified atom stereocenters. The van der Waals surface area contributed by atoms with Crippen molar-refractivity contribution in [3.8, 4) is 5.75 Å². The van der Waals surface area contributed by atoms with Gasteiger partial charge in [-0.1, -0.05) is 42.1 Å². The number of carbonyl (C=O) groups is 1. The molecule has 6 rings (SSSR count). The molecule has 3 aromatic heterocycles. The lowest BCUT2D eigenvalue weighted by atomic mass is 10.2. The first-order valence-electron chi connectivity index (χ1n) is 11.6. The first-order chi connectivity index (χ1) is 17.6. The molecule has 0 aliphatic carbocycles. The number of methoxy groups -OCH3 is 1. The average molecular weight is 518 g/mol. The summed E-state index contributed by atoms with van der Waals surface area (Å²) >= 11 is 2.99. The van der Waals surface area contributed by atoms with Crippen LogP contribution in [0.3, 0.4) is 0 Å². The zero-order chi connectivity index (χ0) is 24.6. The number of hydrogen-bond donors (Lipinski definition) is 0. The van der Waals surface area contributed by atoms with Crippen molar-refractivity contribution in [1.29, 1.82) is 0 Å². The molecule has 36 heavy (non-hydrogen) atoms. The topological polar surface area (TPSA) is 81.7 Å². The van der Waals surface area contributed by atoms with E-state index in [2.05, 4.69) is 22.3 Å². The summed E-state index contributed by atoms with van der Waals surface area (Å²) in [5.41, 5.74) is 3.69. The average Bonchev–Trinajstić information content (AvgIpc) is 3.65. The lowest BCUT2D eigenvalue weighted by molar-refractivity contribution is -0.117. The van der Waals surface area contributed by atoms with E-state index in [9.17, 15) is 9.59 Å². The number of benzene rings is 2. The molecule has 0 spiro atoms. The van der Waals surface area contributed by atoms with Crippen LogP contribution in [0.1, 0.15) is 24.0 Å². The van der Waals surface area contributed by atoms with Crippen LogP contribution < -0.4 is 15.2 Å². The molecule has 0 atom stereocenters. The molecular weight excluding hydrogens is 494 g/mol. The second kappa shape index (κ2) is 9.44. The number of anilines is 1. The predicted molar refractivity (Wildman–Crippen MR) is 142 cm³/mol. The van der Waals surface area contributed by atoms with Gasteiger partial charge >= 0.3 is 0 Å². The van der Waals surface area contributed by atoms with Crippen molar-refractivity contribution < 1.29 is 9.53 Å². The van der Waals surface area contributed by atoms with Crippen LogP contribution in [0.25, 0.3) is 16.0 Å². The van der Waals surface area contributed by atoms with Crippen LogP contribution in [0.15, 0.2) is 69.9 Å². The Hall–Kier alpha value is -3.63. The number of nitrogens with zero attached hydrogens (tertiary/aromatic N) is 5. The lowest BCUT2D eigenvalue weighted by Gasteiger charge is -2.15. The minimum absolute atomic E-state index is 0.0885. The van der Waals surface area contributed by atoms with E-state index in [0.717, 1.165) is 46.2 Å². The van der Waals surface area contributed by atoms with E-state index in [-0.39, 0.29) is 11.5 Å². The van der Waals surface area contributed by atoms with Crippen LogP contribution in [-0.2, 0) is 17.1 Å². The molecule has 0 N–H and O–H groups in total. The molecule has 182 valence electrons. The molecule has 5 aromatic rings. The van der Waals surface area contributed by atoms with E-state index < -0.39 is 0 Å². The maximum absolute atomic E-state index is 13.4. The Morgan fingerprint density at radius 2 is 1.89 bits per heavy atom. The van der Waals surface area contributed by atoms with E-state index in [4.69, 9.17) is 4.74 Å². The molecule has 0 saturated carbocycles. The lowest BCUT2D eigenvalue weighted by Crippen LogP contribution is -2.23. The zero-order valence-electron chi connectivity index (χ0n) is 19.6. The summed E-state index contributed by atoms with van der Waals surface area (Å²) in [6.45, 7) is 1.12. The van der Waals surface area contributed by atoms with Gasteiger partial charge in [0.25, 0.3) is 5.56 Å². The fourth-order valence-corrected chi connectivity index (χ4v) is 6.30. The van der Waals surface area contributed by atoms with Gasteiger partial charge in [-0.05, 0) is 41.6 Å². The molecule has 1 aliphatic rings. The number of aromatic nitrogens is 4. The molecule has 8 nitrogen and oxygen atoms in total. The van der Waals surface area contributed by atoms with Gasteiger partial charge < -0.3 is 9.64 Å². The smallest absolute Gasteiger partial charge is 0.273 e. The molecular formula is C26H23N5O3S2. The first kappa shape index (κ1) is 22.8. The van der Waals surface area contributed by atoms with E-state index in [1.165, 1.54) is 11.3 Å². The van der Waals surface area contributed by atoms with Crippen LogP contribution in [0.5, 0.6) is 5.75 Å². The second-order valence-corrected chi connectivity index (χ2v) is 10.4. The third kappa shape index (κ3) is 3.96. The molecule has 0 bridgehead atoms. The quantitative estimate of drug-likeness (QED) is 0.294. The number of carbonyl (C=O) groups excluding carboxylic acids is 1. The highest BCUT2D eigenvalue weighted by Crippen LogP contribution is 2.29. The van der Waals surface area contributed by atoms with Gasteiger partial charge in [0.15, 0.2) is 5.16 Å². The van der Waals surface area contributed by atoms with Crippen molar-refractivity contribution in [1.82, 2.24) is 19.2 Å². The van der Waals surface area contributed by atoms with E-state index >= 15 is 0 Å². The standard InChI is InChI=1S/C26H23N5O3S2/c1-34-21-6-3-2-5-18(21)15-30-24(33)23-20(12-14-35-23)31-25(30)27-28-26(31)36-16-17-8-10-19(11-9-17)29-13-4-7-22(29)32/h2-3,5-6,8-12,14H,4,7,13,15-16H2,1H3. The predicted octanol–water partition coefficient (Wildman–Crippen LogP) is 4.58. The summed E-state index contributed by atoms with van der Waals surface area (Å²) in [5, 5.41) is 11.5. The largest absolute Gasteiger partial charge is 0.496 e. The highest BCUT2D eigenvalue weighted by atomic mass is 32.2. The molecule has 4 heterocycles. The maximum Gasteiger partial charge on any atom is 0.273 e. The summed E-state index contributed by atoms with van der Waals surface area (Å²) in [4.78, 5) is 27.2. The normalized spacial score (nSPS) is 13.8. The van der Waals surface area contributed by atoms with Gasteiger partial charge in [0, 0.05) is 30.0 Å². The third-order valence-corrected chi connectivity index (χ3v) is 8.28. The van der Waals surface area contributed by atoms with Crippen molar-refractivity contribution in [2.24, 2.45) is 0 Å². The van der Waals surface area contributed by atoms with Gasteiger partial charge in [0.05, 0.1) is 19.2 Å². The summed E-state index contributed by atoms with van der Waals surface area (Å²) in [5.74, 6) is 2.10. The van der Waals surface area contributed by atoms with Crippen molar-refractivity contribution >= 4 is 50.7 Å². The van der Waals surface area contributed by atoms with Gasteiger partial charge in [-0.15, -0.1) is 21.5 Å². The Balaban J connectivity index is 1.33. The summed E-state index contributed by atoms with van der Waals surface area (Å²) < 4.78 is 9.79. The van der Waals surface area contributed by atoms with Gasteiger partial charge in [0.1, 0.15) is 10.4 Å². The third-order valence-electron chi connectivity index (χ3n) is 6.39. The Labute approximate surface area is 215 Å². The highest BCUT2D eigenvalue weighted by Gasteiger charge is 2.22. The molecule has 10 heteroatoms. The minimum Gasteiger partial charge on any atom is -0.496 e. The van der Waals surface area contributed by atoms with E-state index in [1.807, 2.05) is 57.1 Å². The van der Waals surface area contributed by atoms with Gasteiger partial charge in [0.2, 0.25) is 11.7 Å². The molecule has 0 radical (unpaired) electrons. The molecule has 1 amide bonds. The number of ether oxygens (including phenoxy) is 1. The number of rotatable bonds is 7. The summed E-state index contributed by atoms with van der Waals surface area (Å²) in [6.07, 6.45) is 1.53. The van der Waals surface area contributed by atoms with Crippen molar-refractivity contribution in [3.05, 3.63) is 81.5 Å². The van der Waals surface area contributed by atoms with Crippen LogP contribution in [0.2, 0.25) is 0 Å². The fraction of sp³-hybridized carbons (Fsp3) is 0.231. The van der Waals surface area contributed by atoms with Gasteiger partial charge in [-0.2, -0.15) is 0 Å². The van der Waals surface area contributed by atoms with E-state index in [1.54, 1.807) is 23.4 Å². The van der Waals surface area contributed by atoms with Gasteiger partial charge in [-0.3, -0.25) is 18.6 Å². The van der Waals surface area contributed by atoms with E-state index in [0.29, 0.717) is 29.2 Å². The maximum atomic E-state index is 13.4. The van der Waals surface area contributed by atoms with Crippen LogP contribution in [0.4, 0.5) is 5.69 Å². The number of hydrogen-bond acceptors (Lipinski definition) is 7.